The van der Waals surface area contributed by atoms with E-state index in [9.17, 15) is 4.79 Å². The number of amides is 1. The van der Waals surface area contributed by atoms with Crippen LogP contribution in [0.2, 0.25) is 0 Å². The second-order valence-electron chi connectivity index (χ2n) is 5.45. The largest absolute Gasteiger partial charge is 0.337 e. The van der Waals surface area contributed by atoms with Crippen LogP contribution in [0.25, 0.3) is 0 Å². The van der Waals surface area contributed by atoms with Gasteiger partial charge in [-0.05, 0) is 36.1 Å². The van der Waals surface area contributed by atoms with Crippen LogP contribution in [0, 0.1) is 13.8 Å². The molecule has 2 aromatic carbocycles. The highest BCUT2D eigenvalue weighted by Gasteiger charge is 2.16. The van der Waals surface area contributed by atoms with Gasteiger partial charge < -0.3 is 10.6 Å². The minimum atomic E-state index is 0.0634. The van der Waals surface area contributed by atoms with Crippen molar-refractivity contribution in [2.75, 3.05) is 7.05 Å². The minimum absolute atomic E-state index is 0.0634. The molecule has 21 heavy (non-hydrogen) atoms. The van der Waals surface area contributed by atoms with Crippen LogP contribution in [-0.2, 0) is 13.1 Å². The summed E-state index contributed by atoms with van der Waals surface area (Å²) < 4.78 is 0. The third kappa shape index (κ3) is 3.50. The molecule has 3 heteroatoms. The highest BCUT2D eigenvalue weighted by atomic mass is 16.2. The van der Waals surface area contributed by atoms with Gasteiger partial charge in [-0.2, -0.15) is 0 Å². The van der Waals surface area contributed by atoms with Gasteiger partial charge in [-0.1, -0.05) is 42.5 Å². The molecule has 0 aliphatic heterocycles. The topological polar surface area (TPSA) is 46.3 Å². The zero-order valence-corrected chi connectivity index (χ0v) is 12.9. The maximum absolute atomic E-state index is 12.6. The third-order valence-corrected chi connectivity index (χ3v) is 3.72. The van der Waals surface area contributed by atoms with Crippen molar-refractivity contribution < 1.29 is 4.79 Å². The van der Waals surface area contributed by atoms with Gasteiger partial charge >= 0.3 is 0 Å². The first kappa shape index (κ1) is 15.3. The van der Waals surface area contributed by atoms with Gasteiger partial charge in [0.15, 0.2) is 0 Å². The Morgan fingerprint density at radius 3 is 2.05 bits per heavy atom. The second kappa shape index (κ2) is 6.55. The lowest BCUT2D eigenvalue weighted by Crippen LogP contribution is -2.27. The molecule has 2 aromatic rings. The smallest absolute Gasteiger partial charge is 0.254 e. The Morgan fingerprint density at radius 1 is 1.00 bits per heavy atom. The summed E-state index contributed by atoms with van der Waals surface area (Å²) in [6, 6.07) is 14.0. The van der Waals surface area contributed by atoms with Crippen LogP contribution in [0.5, 0.6) is 0 Å². The summed E-state index contributed by atoms with van der Waals surface area (Å²) in [5.41, 5.74) is 10.6. The predicted molar refractivity (Wildman–Crippen MR) is 86.0 cm³/mol. The Kier molecular flexibility index (Phi) is 4.76. The van der Waals surface area contributed by atoms with Crippen LogP contribution >= 0.6 is 0 Å². The van der Waals surface area contributed by atoms with Gasteiger partial charge in [-0.25, -0.2) is 0 Å². The maximum atomic E-state index is 12.6. The minimum Gasteiger partial charge on any atom is -0.337 e. The van der Waals surface area contributed by atoms with E-state index in [2.05, 4.69) is 0 Å². The van der Waals surface area contributed by atoms with Crippen molar-refractivity contribution in [3.63, 3.8) is 0 Å². The van der Waals surface area contributed by atoms with E-state index in [1.165, 1.54) is 0 Å². The molecule has 0 atom stereocenters. The summed E-state index contributed by atoms with van der Waals surface area (Å²) in [7, 11) is 1.84. The van der Waals surface area contributed by atoms with E-state index < -0.39 is 0 Å². The summed E-state index contributed by atoms with van der Waals surface area (Å²) in [4.78, 5) is 14.4. The number of carbonyl (C=O) groups excluding carboxylic acids is 1. The highest BCUT2D eigenvalue weighted by Crippen LogP contribution is 2.16. The Bertz CT molecular complexity index is 612. The molecular weight excluding hydrogens is 260 g/mol. The fourth-order valence-corrected chi connectivity index (χ4v) is 2.47. The maximum Gasteiger partial charge on any atom is 0.254 e. The molecule has 1 amide bonds. The first-order valence-corrected chi connectivity index (χ1v) is 7.12. The molecule has 0 aliphatic rings. The third-order valence-electron chi connectivity index (χ3n) is 3.72. The predicted octanol–water partition coefficient (Wildman–Crippen LogP) is 3.03. The molecule has 0 aromatic heterocycles. The van der Waals surface area contributed by atoms with Crippen LogP contribution in [0.3, 0.4) is 0 Å². The lowest BCUT2D eigenvalue weighted by molar-refractivity contribution is 0.0783. The lowest BCUT2D eigenvalue weighted by atomic mass is 10.0. The molecule has 2 N–H and O–H groups in total. The van der Waals surface area contributed by atoms with Crippen LogP contribution in [0.15, 0.2) is 42.5 Å². The fraction of sp³-hybridized carbons (Fsp3) is 0.278. The van der Waals surface area contributed by atoms with Gasteiger partial charge in [0.25, 0.3) is 5.91 Å². The van der Waals surface area contributed by atoms with Crippen molar-refractivity contribution in [1.29, 1.82) is 0 Å². The number of hydrogen-bond acceptors (Lipinski definition) is 2. The molecule has 0 saturated heterocycles. The number of nitrogens with zero attached hydrogens (tertiary/aromatic N) is 1. The molecule has 0 unspecified atom stereocenters. The van der Waals surface area contributed by atoms with Gasteiger partial charge in [0.05, 0.1) is 0 Å². The number of rotatable bonds is 4. The molecule has 3 nitrogen and oxygen atoms in total. The van der Waals surface area contributed by atoms with E-state index in [-0.39, 0.29) is 5.91 Å². The van der Waals surface area contributed by atoms with Gasteiger partial charge in [0.2, 0.25) is 0 Å². The number of aryl methyl sites for hydroxylation is 2. The Balaban J connectivity index is 2.15. The Hall–Kier alpha value is -2.13. The average molecular weight is 282 g/mol. The highest BCUT2D eigenvalue weighted by molar-refractivity contribution is 5.96. The van der Waals surface area contributed by atoms with E-state index >= 15 is 0 Å². The molecule has 0 bridgehead atoms. The SMILES string of the molecule is Cc1cccc(C)c1C(=O)N(C)Cc1ccc(CN)cc1. The molecule has 0 fully saturated rings. The van der Waals surface area contributed by atoms with E-state index in [4.69, 9.17) is 5.73 Å². The van der Waals surface area contributed by atoms with Crippen LogP contribution in [0.1, 0.15) is 32.6 Å². The van der Waals surface area contributed by atoms with Crippen molar-refractivity contribution in [2.45, 2.75) is 26.9 Å². The summed E-state index contributed by atoms with van der Waals surface area (Å²) in [6.45, 7) is 5.09. The van der Waals surface area contributed by atoms with Gasteiger partial charge in [0.1, 0.15) is 0 Å². The molecule has 0 radical (unpaired) electrons. The van der Waals surface area contributed by atoms with Crippen molar-refractivity contribution in [3.8, 4) is 0 Å². The summed E-state index contributed by atoms with van der Waals surface area (Å²) in [6.07, 6.45) is 0. The van der Waals surface area contributed by atoms with E-state index in [0.29, 0.717) is 13.1 Å². The van der Waals surface area contributed by atoms with Crippen molar-refractivity contribution in [3.05, 3.63) is 70.3 Å². The molecule has 0 spiro atoms. The molecule has 110 valence electrons. The summed E-state index contributed by atoms with van der Waals surface area (Å²) in [5.74, 6) is 0.0634. The Morgan fingerprint density at radius 2 is 1.52 bits per heavy atom. The second-order valence-corrected chi connectivity index (χ2v) is 5.45. The fourth-order valence-electron chi connectivity index (χ4n) is 2.47. The number of hydrogen-bond donors (Lipinski definition) is 1. The lowest BCUT2D eigenvalue weighted by Gasteiger charge is -2.20. The van der Waals surface area contributed by atoms with Crippen LogP contribution in [0.4, 0.5) is 0 Å². The molecule has 0 heterocycles. The van der Waals surface area contributed by atoms with Gasteiger partial charge in [-0.15, -0.1) is 0 Å². The van der Waals surface area contributed by atoms with Gasteiger partial charge in [0, 0.05) is 25.7 Å². The molecular formula is C18H22N2O. The molecule has 0 saturated carbocycles. The normalized spacial score (nSPS) is 10.5. The molecule has 2 rings (SSSR count). The zero-order chi connectivity index (χ0) is 15.4. The quantitative estimate of drug-likeness (QED) is 0.937. The monoisotopic (exact) mass is 282 g/mol. The van der Waals surface area contributed by atoms with E-state index in [1.54, 1.807) is 4.90 Å². The molecule has 0 aliphatic carbocycles. The zero-order valence-electron chi connectivity index (χ0n) is 12.9. The van der Waals surface area contributed by atoms with Crippen LogP contribution in [-0.4, -0.2) is 17.9 Å². The van der Waals surface area contributed by atoms with Crippen molar-refractivity contribution >= 4 is 5.91 Å². The Labute approximate surface area is 126 Å². The summed E-state index contributed by atoms with van der Waals surface area (Å²) >= 11 is 0. The van der Waals surface area contributed by atoms with E-state index in [0.717, 1.165) is 27.8 Å². The van der Waals surface area contributed by atoms with Crippen molar-refractivity contribution in [1.82, 2.24) is 4.90 Å². The first-order valence-electron chi connectivity index (χ1n) is 7.12. The van der Waals surface area contributed by atoms with E-state index in [1.807, 2.05) is 63.4 Å². The van der Waals surface area contributed by atoms with Crippen LogP contribution < -0.4 is 5.73 Å². The first-order chi connectivity index (χ1) is 10.0. The standard InChI is InChI=1S/C18H22N2O/c1-13-5-4-6-14(2)17(13)18(21)20(3)12-16-9-7-15(11-19)8-10-16/h4-10H,11-12,19H2,1-3H3. The number of nitrogens with two attached hydrogens (primary N) is 1. The summed E-state index contributed by atoms with van der Waals surface area (Å²) in [5, 5.41) is 0. The number of carbonyl (C=O) groups is 1. The number of benzene rings is 2. The average Bonchev–Trinajstić information content (AvgIpc) is 2.47. The van der Waals surface area contributed by atoms with Gasteiger partial charge in [-0.3, -0.25) is 4.79 Å². The van der Waals surface area contributed by atoms with Crippen molar-refractivity contribution in [2.24, 2.45) is 5.73 Å².